The van der Waals surface area contributed by atoms with Gasteiger partial charge in [0, 0.05) is 41.6 Å². The van der Waals surface area contributed by atoms with Gasteiger partial charge in [-0.2, -0.15) is 5.10 Å². The average Bonchev–Trinajstić information content (AvgIpc) is 3.49. The summed E-state index contributed by atoms with van der Waals surface area (Å²) in [4.78, 5) is 22.0. The maximum Gasteiger partial charge on any atom is 0.281 e. The van der Waals surface area contributed by atoms with Gasteiger partial charge in [0.15, 0.2) is 0 Å². The normalized spacial score (nSPS) is 11.5. The van der Waals surface area contributed by atoms with Gasteiger partial charge in [-0.3, -0.25) is 9.48 Å². The monoisotopic (exact) mass is 482 g/mol. The number of thiazole rings is 1. The van der Waals surface area contributed by atoms with Crippen LogP contribution >= 0.6 is 11.3 Å². The first-order chi connectivity index (χ1) is 16.3. The van der Waals surface area contributed by atoms with E-state index in [1.807, 2.05) is 0 Å². The molecule has 0 bridgehead atoms. The van der Waals surface area contributed by atoms with Crippen LogP contribution in [0.3, 0.4) is 0 Å². The summed E-state index contributed by atoms with van der Waals surface area (Å²) in [6.07, 6.45) is 2.23. The summed E-state index contributed by atoms with van der Waals surface area (Å²) in [5.41, 5.74) is 2.52. The van der Waals surface area contributed by atoms with Gasteiger partial charge in [-0.25, -0.2) is 23.1 Å². The number of benzene rings is 1. The molecule has 1 amide bonds. The highest BCUT2D eigenvalue weighted by atomic mass is 32.1. The zero-order valence-corrected chi connectivity index (χ0v) is 18.8. The number of nitrogens with one attached hydrogen (secondary N) is 1. The Balaban J connectivity index is 1.44. The molecule has 0 saturated carbocycles. The molecular formula is C23H17F3N6OS. The Morgan fingerprint density at radius 2 is 2.00 bits per heavy atom. The molecule has 34 heavy (non-hydrogen) atoms. The Kier molecular flexibility index (Phi) is 5.40. The molecule has 0 radical (unpaired) electrons. The van der Waals surface area contributed by atoms with Crippen molar-refractivity contribution in [1.82, 2.24) is 24.1 Å². The molecule has 11 heteroatoms. The molecule has 0 fully saturated rings. The molecule has 5 aromatic rings. The second-order valence-corrected chi connectivity index (χ2v) is 8.77. The number of hydrogen-bond donors (Lipinski definition) is 1. The van der Waals surface area contributed by atoms with Crippen molar-refractivity contribution in [2.75, 3.05) is 5.32 Å². The molecule has 0 aliphatic rings. The van der Waals surface area contributed by atoms with Gasteiger partial charge in [0.05, 0.1) is 17.5 Å². The number of anilines is 1. The van der Waals surface area contributed by atoms with E-state index in [4.69, 9.17) is 0 Å². The van der Waals surface area contributed by atoms with E-state index in [0.29, 0.717) is 38.0 Å². The van der Waals surface area contributed by atoms with Gasteiger partial charge >= 0.3 is 0 Å². The lowest BCUT2D eigenvalue weighted by atomic mass is 10.2. The highest BCUT2D eigenvalue weighted by molar-refractivity contribution is 7.15. The van der Waals surface area contributed by atoms with Gasteiger partial charge in [-0.15, -0.1) is 11.3 Å². The Bertz CT molecular complexity index is 1540. The van der Waals surface area contributed by atoms with Crippen LogP contribution in [0.25, 0.3) is 27.5 Å². The largest absolute Gasteiger partial charge is 0.320 e. The highest BCUT2D eigenvalue weighted by Gasteiger charge is 2.24. The van der Waals surface area contributed by atoms with E-state index in [9.17, 15) is 18.0 Å². The standard InChI is InChI=1S/C23H17F3N6OS/c1-12-19(21(25)26)30-23(34-12)16-10-27-31(2)20(16)22(33)28-15-6-7-32-11-17(29-18(32)9-15)13-4-3-5-14(24)8-13/h3-11,21H,1-2H3,(H,28,33). The smallest absolute Gasteiger partial charge is 0.281 e. The number of pyridine rings is 1. The number of hydrogen-bond acceptors (Lipinski definition) is 5. The summed E-state index contributed by atoms with van der Waals surface area (Å²) >= 11 is 1.09. The number of carbonyl (C=O) groups excluding carboxylic acids is 1. The third-order valence-corrected chi connectivity index (χ3v) is 6.28. The molecule has 0 spiro atoms. The SMILES string of the molecule is Cc1sc(-c2cnn(C)c2C(=O)Nc2ccn3cc(-c4cccc(F)c4)nc3c2)nc1C(F)F. The first-order valence-electron chi connectivity index (χ1n) is 10.1. The van der Waals surface area contributed by atoms with Crippen LogP contribution in [-0.2, 0) is 7.05 Å². The minimum Gasteiger partial charge on any atom is -0.320 e. The number of aryl methyl sites for hydroxylation is 2. The van der Waals surface area contributed by atoms with Crippen LogP contribution < -0.4 is 5.32 Å². The topological polar surface area (TPSA) is 77.1 Å². The number of alkyl halides is 2. The van der Waals surface area contributed by atoms with Crippen LogP contribution in [0, 0.1) is 12.7 Å². The van der Waals surface area contributed by atoms with Gasteiger partial charge in [0.1, 0.15) is 27.9 Å². The van der Waals surface area contributed by atoms with Crippen molar-refractivity contribution in [2.24, 2.45) is 7.05 Å². The zero-order chi connectivity index (χ0) is 24.0. The number of aromatic nitrogens is 5. The maximum absolute atomic E-state index is 13.6. The van der Waals surface area contributed by atoms with Gasteiger partial charge < -0.3 is 9.72 Å². The first-order valence-corrected chi connectivity index (χ1v) is 11.0. The maximum atomic E-state index is 13.6. The number of amides is 1. The highest BCUT2D eigenvalue weighted by Crippen LogP contribution is 2.34. The van der Waals surface area contributed by atoms with Crippen LogP contribution in [0.1, 0.15) is 27.5 Å². The van der Waals surface area contributed by atoms with E-state index < -0.39 is 12.3 Å². The second kappa shape index (κ2) is 8.41. The van der Waals surface area contributed by atoms with Crippen molar-refractivity contribution < 1.29 is 18.0 Å². The van der Waals surface area contributed by atoms with E-state index in [2.05, 4.69) is 20.4 Å². The molecule has 7 nitrogen and oxygen atoms in total. The zero-order valence-electron chi connectivity index (χ0n) is 18.0. The molecule has 172 valence electrons. The average molecular weight is 482 g/mol. The van der Waals surface area contributed by atoms with Crippen molar-refractivity contribution in [3.63, 3.8) is 0 Å². The van der Waals surface area contributed by atoms with E-state index >= 15 is 0 Å². The molecule has 0 unspecified atom stereocenters. The van der Waals surface area contributed by atoms with Crippen molar-refractivity contribution in [3.8, 4) is 21.8 Å². The van der Waals surface area contributed by atoms with Crippen LogP contribution in [0.5, 0.6) is 0 Å². The van der Waals surface area contributed by atoms with E-state index in [0.717, 1.165) is 11.3 Å². The predicted molar refractivity (Wildman–Crippen MR) is 123 cm³/mol. The van der Waals surface area contributed by atoms with Gasteiger partial charge in [-0.05, 0) is 25.1 Å². The Morgan fingerprint density at radius 1 is 1.18 bits per heavy atom. The summed E-state index contributed by atoms with van der Waals surface area (Å²) in [6.45, 7) is 1.57. The fourth-order valence-corrected chi connectivity index (χ4v) is 4.56. The van der Waals surface area contributed by atoms with Crippen molar-refractivity contribution >= 4 is 28.6 Å². The number of imidazole rings is 1. The lowest BCUT2D eigenvalue weighted by Gasteiger charge is -2.07. The fraction of sp³-hybridized carbons (Fsp3) is 0.130. The van der Waals surface area contributed by atoms with Crippen molar-refractivity contribution in [3.05, 3.63) is 77.1 Å². The third-order valence-electron chi connectivity index (χ3n) is 5.26. The van der Waals surface area contributed by atoms with Crippen LogP contribution in [0.4, 0.5) is 18.9 Å². The van der Waals surface area contributed by atoms with Crippen molar-refractivity contribution in [1.29, 1.82) is 0 Å². The van der Waals surface area contributed by atoms with E-state index in [1.54, 1.807) is 55.0 Å². The lowest BCUT2D eigenvalue weighted by Crippen LogP contribution is -2.17. The Hall–Kier alpha value is -3.99. The van der Waals surface area contributed by atoms with Crippen LogP contribution in [0.15, 0.2) is 55.0 Å². The van der Waals surface area contributed by atoms with E-state index in [-0.39, 0.29) is 17.2 Å². The quantitative estimate of drug-likeness (QED) is 0.359. The summed E-state index contributed by atoms with van der Waals surface area (Å²) in [7, 11) is 1.59. The second-order valence-electron chi connectivity index (χ2n) is 7.56. The molecule has 0 aliphatic heterocycles. The Morgan fingerprint density at radius 3 is 2.74 bits per heavy atom. The number of nitrogens with zero attached hydrogens (tertiary/aromatic N) is 5. The molecular weight excluding hydrogens is 465 g/mol. The first kappa shape index (κ1) is 21.8. The lowest BCUT2D eigenvalue weighted by molar-refractivity contribution is 0.101. The van der Waals surface area contributed by atoms with E-state index in [1.165, 1.54) is 23.0 Å². The summed E-state index contributed by atoms with van der Waals surface area (Å²) in [6, 6.07) is 9.51. The number of rotatable bonds is 5. The number of fused-ring (bicyclic) bond motifs is 1. The molecule has 0 aliphatic carbocycles. The minimum absolute atomic E-state index is 0.193. The van der Waals surface area contributed by atoms with Gasteiger partial charge in [0.2, 0.25) is 0 Å². The number of carbonyl (C=O) groups is 1. The summed E-state index contributed by atoms with van der Waals surface area (Å²) in [5.74, 6) is -0.826. The van der Waals surface area contributed by atoms with Gasteiger partial charge in [-0.1, -0.05) is 12.1 Å². The third kappa shape index (κ3) is 3.94. The fourth-order valence-electron chi connectivity index (χ4n) is 3.63. The molecule has 1 aromatic carbocycles. The van der Waals surface area contributed by atoms with Gasteiger partial charge in [0.25, 0.3) is 12.3 Å². The molecule has 4 heterocycles. The predicted octanol–water partition coefficient (Wildman–Crippen LogP) is 5.50. The number of halogens is 3. The summed E-state index contributed by atoms with van der Waals surface area (Å²) in [5, 5.41) is 7.23. The molecule has 4 aromatic heterocycles. The van der Waals surface area contributed by atoms with Crippen LogP contribution in [0.2, 0.25) is 0 Å². The van der Waals surface area contributed by atoms with Crippen LogP contribution in [-0.4, -0.2) is 30.1 Å². The molecule has 5 rings (SSSR count). The molecule has 1 N–H and O–H groups in total. The molecule has 0 saturated heterocycles. The van der Waals surface area contributed by atoms with Crippen molar-refractivity contribution in [2.45, 2.75) is 13.3 Å². The Labute approximate surface area is 195 Å². The molecule has 0 atom stereocenters. The minimum atomic E-state index is -2.70. The summed E-state index contributed by atoms with van der Waals surface area (Å²) < 4.78 is 43.1.